The summed E-state index contributed by atoms with van der Waals surface area (Å²) in [6.45, 7) is 3.85. The van der Waals surface area contributed by atoms with Gasteiger partial charge in [-0.2, -0.15) is 0 Å². The van der Waals surface area contributed by atoms with Gasteiger partial charge in [0.2, 0.25) is 0 Å². The molecule has 2 aromatic heterocycles. The minimum absolute atomic E-state index is 0.0777. The molecule has 2 rings (SSSR count). The third-order valence-electron chi connectivity index (χ3n) is 3.07. The lowest BCUT2D eigenvalue weighted by Crippen LogP contribution is -2.35. The summed E-state index contributed by atoms with van der Waals surface area (Å²) < 4.78 is 5.14. The Labute approximate surface area is 138 Å². The van der Waals surface area contributed by atoms with E-state index in [2.05, 4.69) is 15.3 Å². The van der Waals surface area contributed by atoms with Gasteiger partial charge < -0.3 is 10.1 Å². The van der Waals surface area contributed by atoms with Crippen LogP contribution in [-0.2, 0) is 33.7 Å². The Bertz CT molecular complexity index is 658. The van der Waals surface area contributed by atoms with Crippen LogP contribution < -0.4 is 5.32 Å². The molecule has 0 saturated heterocycles. The largest absolute Gasteiger partial charge is 0.452 e. The Kier molecular flexibility index (Phi) is 6.22. The minimum Gasteiger partial charge on any atom is -0.452 e. The molecule has 23 heavy (non-hydrogen) atoms. The van der Waals surface area contributed by atoms with Crippen LogP contribution in [0.3, 0.4) is 0 Å². The SMILES string of the molecule is CCc1nc(CC(=O)OC(C)C(=O)NCc2ccccn2)cs1. The number of aryl methyl sites for hydroxylation is 1. The topological polar surface area (TPSA) is 81.2 Å². The fourth-order valence-corrected chi connectivity index (χ4v) is 2.60. The zero-order chi connectivity index (χ0) is 16.7. The zero-order valence-electron chi connectivity index (χ0n) is 13.1. The maximum atomic E-state index is 11.9. The summed E-state index contributed by atoms with van der Waals surface area (Å²) in [6.07, 6.45) is 1.72. The summed E-state index contributed by atoms with van der Waals surface area (Å²) in [6, 6.07) is 5.46. The van der Waals surface area contributed by atoms with Gasteiger partial charge in [-0.1, -0.05) is 13.0 Å². The number of carbonyl (C=O) groups excluding carboxylic acids is 2. The molecule has 1 unspecified atom stereocenters. The Morgan fingerprint density at radius 3 is 2.83 bits per heavy atom. The molecule has 2 heterocycles. The van der Waals surface area contributed by atoms with E-state index >= 15 is 0 Å². The average Bonchev–Trinajstić information content (AvgIpc) is 3.00. The second-order valence-electron chi connectivity index (χ2n) is 4.93. The van der Waals surface area contributed by atoms with E-state index in [9.17, 15) is 9.59 Å². The number of rotatable bonds is 7. The summed E-state index contributed by atoms with van der Waals surface area (Å²) >= 11 is 1.52. The molecule has 0 saturated carbocycles. The van der Waals surface area contributed by atoms with Crippen molar-refractivity contribution in [2.45, 2.75) is 39.3 Å². The first-order chi connectivity index (χ1) is 11.1. The Hall–Kier alpha value is -2.28. The number of carbonyl (C=O) groups is 2. The lowest BCUT2D eigenvalue weighted by atomic mass is 10.3. The Morgan fingerprint density at radius 2 is 2.17 bits per heavy atom. The van der Waals surface area contributed by atoms with Gasteiger partial charge in [0.05, 0.1) is 29.4 Å². The van der Waals surface area contributed by atoms with Crippen molar-refractivity contribution in [3.05, 3.63) is 46.2 Å². The van der Waals surface area contributed by atoms with E-state index in [0.717, 1.165) is 17.1 Å². The highest BCUT2D eigenvalue weighted by atomic mass is 32.1. The monoisotopic (exact) mass is 333 g/mol. The highest BCUT2D eigenvalue weighted by molar-refractivity contribution is 7.09. The molecule has 0 bridgehead atoms. The number of hydrogen-bond acceptors (Lipinski definition) is 6. The third-order valence-corrected chi connectivity index (χ3v) is 4.12. The van der Waals surface area contributed by atoms with Crippen LogP contribution >= 0.6 is 11.3 Å². The second-order valence-corrected chi connectivity index (χ2v) is 5.88. The fraction of sp³-hybridized carbons (Fsp3) is 0.375. The summed E-state index contributed by atoms with van der Waals surface area (Å²) in [5.74, 6) is -0.810. The summed E-state index contributed by atoms with van der Waals surface area (Å²) in [5, 5.41) is 5.51. The van der Waals surface area contributed by atoms with E-state index in [0.29, 0.717) is 12.2 Å². The van der Waals surface area contributed by atoms with Crippen LogP contribution in [0.2, 0.25) is 0 Å². The van der Waals surface area contributed by atoms with Gasteiger partial charge in [-0.05, 0) is 25.5 Å². The molecule has 6 nitrogen and oxygen atoms in total. The number of pyridine rings is 1. The van der Waals surface area contributed by atoms with Crippen LogP contribution in [0.4, 0.5) is 0 Å². The van der Waals surface area contributed by atoms with Gasteiger partial charge in [-0.15, -0.1) is 11.3 Å². The molecule has 0 spiro atoms. The van der Waals surface area contributed by atoms with Crippen molar-refractivity contribution < 1.29 is 14.3 Å². The van der Waals surface area contributed by atoms with Crippen molar-refractivity contribution in [1.82, 2.24) is 15.3 Å². The van der Waals surface area contributed by atoms with Crippen LogP contribution in [0.15, 0.2) is 29.8 Å². The number of aromatic nitrogens is 2. The lowest BCUT2D eigenvalue weighted by molar-refractivity contribution is -0.154. The van der Waals surface area contributed by atoms with E-state index in [-0.39, 0.29) is 12.3 Å². The second kappa shape index (κ2) is 8.38. The van der Waals surface area contributed by atoms with E-state index in [1.165, 1.54) is 11.3 Å². The Balaban J connectivity index is 1.77. The van der Waals surface area contributed by atoms with Gasteiger partial charge in [0, 0.05) is 11.6 Å². The molecule has 1 amide bonds. The molecule has 7 heteroatoms. The molecular weight excluding hydrogens is 314 g/mol. The molecule has 0 fully saturated rings. The van der Waals surface area contributed by atoms with Gasteiger partial charge in [0.25, 0.3) is 5.91 Å². The van der Waals surface area contributed by atoms with Crippen LogP contribution in [-0.4, -0.2) is 27.9 Å². The fourth-order valence-electron chi connectivity index (χ4n) is 1.86. The number of amides is 1. The molecule has 0 aliphatic rings. The zero-order valence-corrected chi connectivity index (χ0v) is 13.9. The quantitative estimate of drug-likeness (QED) is 0.783. The smallest absolute Gasteiger partial charge is 0.312 e. The predicted molar refractivity (Wildman–Crippen MR) is 86.8 cm³/mol. The summed E-state index contributed by atoms with van der Waals surface area (Å²) in [4.78, 5) is 32.2. The van der Waals surface area contributed by atoms with Crippen molar-refractivity contribution in [3.8, 4) is 0 Å². The van der Waals surface area contributed by atoms with Crippen LogP contribution in [0.1, 0.15) is 30.2 Å². The maximum Gasteiger partial charge on any atom is 0.312 e. The van der Waals surface area contributed by atoms with Gasteiger partial charge in [-0.3, -0.25) is 14.6 Å². The number of thiazole rings is 1. The highest BCUT2D eigenvalue weighted by Gasteiger charge is 2.18. The third kappa shape index (κ3) is 5.45. The van der Waals surface area contributed by atoms with Gasteiger partial charge >= 0.3 is 5.97 Å². The standard InChI is InChI=1S/C16H19N3O3S/c1-3-14-19-13(10-23-14)8-15(20)22-11(2)16(21)18-9-12-6-4-5-7-17-12/h4-7,10-11H,3,8-9H2,1-2H3,(H,18,21). The van der Waals surface area contributed by atoms with E-state index in [1.54, 1.807) is 19.2 Å². The van der Waals surface area contributed by atoms with Crippen molar-refractivity contribution in [2.24, 2.45) is 0 Å². The number of ether oxygens (including phenoxy) is 1. The first-order valence-corrected chi connectivity index (χ1v) is 8.26. The molecule has 0 aliphatic heterocycles. The summed E-state index contributed by atoms with van der Waals surface area (Å²) in [5.41, 5.74) is 1.42. The molecule has 2 aromatic rings. The van der Waals surface area contributed by atoms with Crippen LogP contribution in [0.25, 0.3) is 0 Å². The number of hydrogen-bond donors (Lipinski definition) is 1. The highest BCUT2D eigenvalue weighted by Crippen LogP contribution is 2.11. The summed E-state index contributed by atoms with van der Waals surface area (Å²) in [7, 11) is 0. The lowest BCUT2D eigenvalue weighted by Gasteiger charge is -2.13. The normalized spacial score (nSPS) is 11.7. The molecule has 0 aromatic carbocycles. The number of nitrogens with zero attached hydrogens (tertiary/aromatic N) is 2. The van der Waals surface area contributed by atoms with E-state index < -0.39 is 12.1 Å². The van der Waals surface area contributed by atoms with Crippen molar-refractivity contribution in [3.63, 3.8) is 0 Å². The number of nitrogens with one attached hydrogen (secondary N) is 1. The molecular formula is C16H19N3O3S. The van der Waals surface area contributed by atoms with E-state index in [1.807, 2.05) is 24.4 Å². The molecule has 0 aliphatic carbocycles. The van der Waals surface area contributed by atoms with Gasteiger partial charge in [0.1, 0.15) is 0 Å². The molecule has 1 atom stereocenters. The van der Waals surface area contributed by atoms with E-state index in [4.69, 9.17) is 4.74 Å². The van der Waals surface area contributed by atoms with Crippen molar-refractivity contribution in [1.29, 1.82) is 0 Å². The van der Waals surface area contributed by atoms with Gasteiger partial charge in [-0.25, -0.2) is 4.98 Å². The van der Waals surface area contributed by atoms with Crippen LogP contribution in [0.5, 0.6) is 0 Å². The average molecular weight is 333 g/mol. The Morgan fingerprint density at radius 1 is 1.35 bits per heavy atom. The minimum atomic E-state index is -0.851. The van der Waals surface area contributed by atoms with Gasteiger partial charge in [0.15, 0.2) is 6.10 Å². The first-order valence-electron chi connectivity index (χ1n) is 7.39. The first kappa shape index (κ1) is 17.1. The molecule has 0 radical (unpaired) electrons. The van der Waals surface area contributed by atoms with Crippen LogP contribution in [0, 0.1) is 0 Å². The predicted octanol–water partition coefficient (Wildman–Crippen LogP) is 1.89. The molecule has 122 valence electrons. The van der Waals surface area contributed by atoms with Crippen molar-refractivity contribution >= 4 is 23.2 Å². The maximum absolute atomic E-state index is 11.9. The van der Waals surface area contributed by atoms with Crippen molar-refractivity contribution in [2.75, 3.05) is 0 Å². The molecule has 1 N–H and O–H groups in total. The number of esters is 1.